The smallest absolute Gasteiger partial charge is 0.254 e. The van der Waals surface area contributed by atoms with Crippen LogP contribution in [0.5, 0.6) is 0 Å². The summed E-state index contributed by atoms with van der Waals surface area (Å²) in [4.78, 5) is 19.3. The maximum Gasteiger partial charge on any atom is 0.254 e. The highest BCUT2D eigenvalue weighted by atomic mass is 32.1. The van der Waals surface area contributed by atoms with Crippen LogP contribution in [0.15, 0.2) is 4.99 Å². The van der Waals surface area contributed by atoms with Gasteiger partial charge in [-0.15, -0.1) is 11.3 Å². The Bertz CT molecular complexity index is 693. The molecule has 23 heavy (non-hydrogen) atoms. The molecular formula is C17H26N2O3S. The number of aromatic nitrogens is 1. The first kappa shape index (κ1) is 16.9. The fourth-order valence-electron chi connectivity index (χ4n) is 3.86. The summed E-state index contributed by atoms with van der Waals surface area (Å²) < 4.78 is 13.4. The number of amides is 1. The van der Waals surface area contributed by atoms with Gasteiger partial charge in [0.2, 0.25) is 0 Å². The zero-order valence-corrected chi connectivity index (χ0v) is 15.5. The van der Waals surface area contributed by atoms with Crippen molar-refractivity contribution in [1.82, 2.24) is 4.57 Å². The lowest BCUT2D eigenvalue weighted by Gasteiger charge is -2.26. The molecule has 0 spiro atoms. The Morgan fingerprint density at radius 3 is 2.74 bits per heavy atom. The van der Waals surface area contributed by atoms with E-state index >= 15 is 0 Å². The molecule has 3 heterocycles. The van der Waals surface area contributed by atoms with Gasteiger partial charge in [-0.1, -0.05) is 0 Å². The monoisotopic (exact) mass is 338 g/mol. The highest BCUT2D eigenvalue weighted by Crippen LogP contribution is 2.54. The molecule has 0 radical (unpaired) electrons. The first-order valence-electron chi connectivity index (χ1n) is 8.22. The number of hydrogen-bond donors (Lipinski definition) is 0. The summed E-state index contributed by atoms with van der Waals surface area (Å²) in [6.07, 6.45) is 2.77. The Balaban J connectivity index is 1.90. The van der Waals surface area contributed by atoms with Gasteiger partial charge in [-0.2, -0.15) is 4.99 Å². The predicted molar refractivity (Wildman–Crippen MR) is 89.5 cm³/mol. The molecular weight excluding hydrogens is 312 g/mol. The molecule has 2 aliphatic heterocycles. The summed E-state index contributed by atoms with van der Waals surface area (Å²) in [6.45, 7) is 9.64. The molecule has 3 rings (SSSR count). The summed E-state index contributed by atoms with van der Waals surface area (Å²) in [5.41, 5.74) is 0.673. The van der Waals surface area contributed by atoms with Gasteiger partial charge in [-0.25, -0.2) is 0 Å². The molecule has 128 valence electrons. The van der Waals surface area contributed by atoms with Crippen molar-refractivity contribution in [2.24, 2.45) is 10.9 Å². The average molecular weight is 338 g/mol. The number of aryl methyl sites for hydroxylation is 1. The molecule has 5 nitrogen and oxygen atoms in total. The largest absolute Gasteiger partial charge is 0.383 e. The standard InChI is InChI=1S/C17H26N2O3S/c1-11-12(2)23-15(19(11)8-9-21-5)18-14(20)13-10-16(3)6-7-17(13,4)22-16/h13H,6-10H2,1-5H3. The zero-order chi connectivity index (χ0) is 16.8. The van der Waals surface area contributed by atoms with Crippen LogP contribution < -0.4 is 4.80 Å². The number of carbonyl (C=O) groups is 1. The maximum atomic E-state index is 12.8. The normalized spacial score (nSPS) is 33.6. The number of hydrogen-bond acceptors (Lipinski definition) is 4. The number of methoxy groups -OCH3 is 1. The van der Waals surface area contributed by atoms with Crippen LogP contribution in [-0.2, 0) is 20.8 Å². The minimum atomic E-state index is -0.339. The van der Waals surface area contributed by atoms with Crippen LogP contribution in [0.25, 0.3) is 0 Å². The molecule has 2 fully saturated rings. The van der Waals surface area contributed by atoms with Crippen LogP contribution >= 0.6 is 11.3 Å². The van der Waals surface area contributed by atoms with Gasteiger partial charge in [0.15, 0.2) is 4.80 Å². The third kappa shape index (κ3) is 2.92. The molecule has 1 aromatic heterocycles. The summed E-state index contributed by atoms with van der Waals surface area (Å²) in [5.74, 6) is -0.164. The molecule has 0 N–H and O–H groups in total. The molecule has 3 unspecified atom stereocenters. The van der Waals surface area contributed by atoms with Gasteiger partial charge in [0.05, 0.1) is 23.7 Å². The number of ether oxygens (including phenoxy) is 2. The summed E-state index contributed by atoms with van der Waals surface area (Å²) in [7, 11) is 1.69. The van der Waals surface area contributed by atoms with Gasteiger partial charge in [0, 0.05) is 24.2 Å². The Kier molecular flexibility index (Phi) is 4.27. The molecule has 2 saturated heterocycles. The van der Waals surface area contributed by atoms with Crippen molar-refractivity contribution >= 4 is 17.2 Å². The lowest BCUT2D eigenvalue weighted by Crippen LogP contribution is -2.36. The summed E-state index contributed by atoms with van der Waals surface area (Å²) in [6, 6.07) is 0. The van der Waals surface area contributed by atoms with E-state index in [1.807, 2.05) is 0 Å². The molecule has 0 aromatic carbocycles. The first-order valence-corrected chi connectivity index (χ1v) is 9.04. The van der Waals surface area contributed by atoms with E-state index < -0.39 is 0 Å². The third-order valence-corrected chi connectivity index (χ3v) is 6.51. The minimum Gasteiger partial charge on any atom is -0.383 e. The topological polar surface area (TPSA) is 52.8 Å². The molecule has 1 aromatic rings. The third-order valence-electron chi connectivity index (χ3n) is 5.42. The second-order valence-corrected chi connectivity index (χ2v) is 8.42. The lowest BCUT2D eigenvalue weighted by molar-refractivity contribution is -0.126. The summed E-state index contributed by atoms with van der Waals surface area (Å²) in [5, 5.41) is 0. The van der Waals surface area contributed by atoms with Gasteiger partial charge in [0.25, 0.3) is 5.91 Å². The number of carbonyl (C=O) groups excluding carboxylic acids is 1. The average Bonchev–Trinajstić information content (AvgIpc) is 3.04. The predicted octanol–water partition coefficient (Wildman–Crippen LogP) is 2.59. The van der Waals surface area contributed by atoms with Crippen molar-refractivity contribution in [1.29, 1.82) is 0 Å². The van der Waals surface area contributed by atoms with E-state index in [0.717, 1.165) is 36.3 Å². The molecule has 2 bridgehead atoms. The quantitative estimate of drug-likeness (QED) is 0.848. The Hall–Kier alpha value is -0.980. The van der Waals surface area contributed by atoms with Crippen LogP contribution in [0.2, 0.25) is 0 Å². The first-order chi connectivity index (χ1) is 10.8. The van der Waals surface area contributed by atoms with Gasteiger partial charge in [0.1, 0.15) is 0 Å². The van der Waals surface area contributed by atoms with Crippen molar-refractivity contribution in [3.8, 4) is 0 Å². The van der Waals surface area contributed by atoms with Crippen molar-refractivity contribution in [3.05, 3.63) is 15.4 Å². The molecule has 3 atom stereocenters. The highest BCUT2D eigenvalue weighted by Gasteiger charge is 2.59. The Labute approximate surface area is 141 Å². The molecule has 0 saturated carbocycles. The van der Waals surface area contributed by atoms with E-state index in [0.29, 0.717) is 6.61 Å². The Morgan fingerprint density at radius 1 is 1.43 bits per heavy atom. The second kappa shape index (κ2) is 5.83. The van der Waals surface area contributed by atoms with Crippen LogP contribution in [-0.4, -0.2) is 35.4 Å². The van der Waals surface area contributed by atoms with Gasteiger partial charge >= 0.3 is 0 Å². The van der Waals surface area contributed by atoms with Crippen LogP contribution in [0.4, 0.5) is 0 Å². The van der Waals surface area contributed by atoms with Gasteiger partial charge < -0.3 is 14.0 Å². The lowest BCUT2D eigenvalue weighted by atomic mass is 9.75. The molecule has 6 heteroatoms. The maximum absolute atomic E-state index is 12.8. The molecule has 0 aliphatic carbocycles. The number of thiazole rings is 1. The fraction of sp³-hybridized carbons (Fsp3) is 0.765. The van der Waals surface area contributed by atoms with E-state index in [2.05, 4.69) is 37.3 Å². The summed E-state index contributed by atoms with van der Waals surface area (Å²) >= 11 is 1.58. The van der Waals surface area contributed by atoms with Crippen molar-refractivity contribution in [2.45, 2.75) is 64.7 Å². The van der Waals surface area contributed by atoms with E-state index in [-0.39, 0.29) is 23.0 Å². The molecule has 2 aliphatic rings. The highest BCUT2D eigenvalue weighted by molar-refractivity contribution is 7.09. The Morgan fingerprint density at radius 2 is 2.17 bits per heavy atom. The van der Waals surface area contributed by atoms with E-state index in [1.165, 1.54) is 4.88 Å². The van der Waals surface area contributed by atoms with E-state index in [1.54, 1.807) is 18.4 Å². The number of rotatable bonds is 4. The minimum absolute atomic E-state index is 0.0386. The van der Waals surface area contributed by atoms with Gasteiger partial charge in [-0.05, 0) is 47.0 Å². The number of nitrogens with zero attached hydrogens (tertiary/aromatic N) is 2. The van der Waals surface area contributed by atoms with Crippen LogP contribution in [0.1, 0.15) is 43.7 Å². The van der Waals surface area contributed by atoms with E-state index in [4.69, 9.17) is 9.47 Å². The van der Waals surface area contributed by atoms with Crippen molar-refractivity contribution in [3.63, 3.8) is 0 Å². The van der Waals surface area contributed by atoms with Crippen LogP contribution in [0, 0.1) is 19.8 Å². The van der Waals surface area contributed by atoms with Gasteiger partial charge in [-0.3, -0.25) is 4.79 Å². The van der Waals surface area contributed by atoms with Crippen molar-refractivity contribution < 1.29 is 14.3 Å². The van der Waals surface area contributed by atoms with E-state index in [9.17, 15) is 4.79 Å². The SMILES string of the molecule is COCCn1c(C)c(C)sc1=NC(=O)C1CC2(C)CCC1(C)O2. The molecule has 1 amide bonds. The fourth-order valence-corrected chi connectivity index (χ4v) is 4.87. The zero-order valence-electron chi connectivity index (χ0n) is 14.6. The van der Waals surface area contributed by atoms with Crippen molar-refractivity contribution in [2.75, 3.05) is 13.7 Å². The van der Waals surface area contributed by atoms with Crippen LogP contribution in [0.3, 0.4) is 0 Å². The number of fused-ring (bicyclic) bond motifs is 2. The second-order valence-electron chi connectivity index (χ2n) is 7.24.